The van der Waals surface area contributed by atoms with Crippen LogP contribution in [-0.2, 0) is 11.2 Å². The molecule has 1 aromatic heterocycles. The highest BCUT2D eigenvalue weighted by Gasteiger charge is 2.12. The minimum absolute atomic E-state index is 0.00407. The third kappa shape index (κ3) is 6.84. The fourth-order valence-electron chi connectivity index (χ4n) is 2.57. The molecule has 1 N–H and O–H groups in total. The van der Waals surface area contributed by atoms with Crippen LogP contribution >= 0.6 is 11.3 Å². The van der Waals surface area contributed by atoms with E-state index in [4.69, 9.17) is 9.47 Å². The van der Waals surface area contributed by atoms with E-state index in [1.165, 1.54) is 41.7 Å². The molecule has 10 nitrogen and oxygen atoms in total. The summed E-state index contributed by atoms with van der Waals surface area (Å²) in [5.74, 6) is 0.537. The molecule has 0 aliphatic heterocycles. The Bertz CT molecular complexity index is 1180. The van der Waals surface area contributed by atoms with Crippen LogP contribution in [0.4, 0.5) is 10.8 Å². The summed E-state index contributed by atoms with van der Waals surface area (Å²) < 4.78 is 11.1. The smallest absolute Gasteiger partial charge is 0.269 e. The van der Waals surface area contributed by atoms with Gasteiger partial charge in [-0.25, -0.2) is 0 Å². The maximum Gasteiger partial charge on any atom is 0.269 e. The highest BCUT2D eigenvalue weighted by Crippen LogP contribution is 2.19. The maximum absolute atomic E-state index is 12.3. The van der Waals surface area contributed by atoms with Crippen LogP contribution in [0.15, 0.2) is 54.1 Å². The number of aryl methyl sites for hydroxylation is 1. The van der Waals surface area contributed by atoms with Gasteiger partial charge >= 0.3 is 0 Å². The first-order chi connectivity index (χ1) is 16.0. The number of nitrogens with zero attached hydrogens (tertiary/aromatic N) is 4. The largest absolute Gasteiger partial charge is 0.490 e. The summed E-state index contributed by atoms with van der Waals surface area (Å²) in [7, 11) is 0. The molecule has 168 valence electrons. The van der Waals surface area contributed by atoms with Crippen LogP contribution in [0.3, 0.4) is 0 Å². The molecule has 1 amide bonds. The van der Waals surface area contributed by atoms with Crippen LogP contribution in [0.1, 0.15) is 17.5 Å². The van der Waals surface area contributed by atoms with E-state index < -0.39 is 10.8 Å². The molecule has 0 aliphatic rings. The second-order valence-electron chi connectivity index (χ2n) is 6.50. The predicted molar refractivity (Wildman–Crippen MR) is 122 cm³/mol. The van der Waals surface area contributed by atoms with Gasteiger partial charge in [-0.3, -0.25) is 20.2 Å². The third-order valence-electron chi connectivity index (χ3n) is 4.21. The van der Waals surface area contributed by atoms with Crippen molar-refractivity contribution in [1.82, 2.24) is 10.2 Å². The topological polar surface area (TPSA) is 140 Å². The Hall–Kier alpha value is -4.30. The minimum atomic E-state index is -0.556. The van der Waals surface area contributed by atoms with E-state index in [1.54, 1.807) is 24.3 Å². The lowest BCUT2D eigenvalue weighted by Crippen LogP contribution is -2.13. The summed E-state index contributed by atoms with van der Waals surface area (Å²) >= 11 is 1.26. The van der Waals surface area contributed by atoms with Crippen molar-refractivity contribution in [3.63, 3.8) is 0 Å². The summed E-state index contributed by atoms with van der Waals surface area (Å²) in [4.78, 5) is 22.5. The molecule has 0 aliphatic carbocycles. The Morgan fingerprint density at radius 1 is 1.12 bits per heavy atom. The van der Waals surface area contributed by atoms with Gasteiger partial charge in [0, 0.05) is 12.1 Å². The number of ether oxygens (including phenoxy) is 2. The van der Waals surface area contributed by atoms with E-state index in [0.717, 1.165) is 5.01 Å². The number of amides is 1. The third-order valence-corrected chi connectivity index (χ3v) is 5.20. The van der Waals surface area contributed by atoms with Gasteiger partial charge in [-0.2, -0.15) is 5.26 Å². The summed E-state index contributed by atoms with van der Waals surface area (Å²) in [6.45, 7) is 2.45. The molecule has 11 heteroatoms. The predicted octanol–water partition coefficient (Wildman–Crippen LogP) is 4.01. The molecular formula is C22H19N5O5S. The van der Waals surface area contributed by atoms with Crippen molar-refractivity contribution < 1.29 is 19.2 Å². The van der Waals surface area contributed by atoms with Gasteiger partial charge in [0.2, 0.25) is 5.13 Å². The van der Waals surface area contributed by atoms with E-state index >= 15 is 0 Å². The number of nitriles is 1. The first-order valence-corrected chi connectivity index (χ1v) is 10.7. The number of rotatable bonds is 10. The Kier molecular flexibility index (Phi) is 8.04. The maximum atomic E-state index is 12.3. The lowest BCUT2D eigenvalue weighted by Gasteiger charge is -2.08. The molecule has 2 aromatic carbocycles. The average Bonchev–Trinajstić information content (AvgIpc) is 3.29. The van der Waals surface area contributed by atoms with Crippen molar-refractivity contribution in [1.29, 1.82) is 5.26 Å². The highest BCUT2D eigenvalue weighted by atomic mass is 32.1. The summed E-state index contributed by atoms with van der Waals surface area (Å²) in [6, 6.07) is 14.5. The van der Waals surface area contributed by atoms with Crippen molar-refractivity contribution in [2.24, 2.45) is 0 Å². The zero-order chi connectivity index (χ0) is 23.6. The van der Waals surface area contributed by atoms with E-state index in [0.29, 0.717) is 28.6 Å². The SMILES string of the molecule is CCc1nnc(NC(=O)/C(C#N)=C\c2ccc(OCCOc3ccc([N+](=O)[O-])cc3)cc2)s1. The van der Waals surface area contributed by atoms with Gasteiger partial charge < -0.3 is 9.47 Å². The lowest BCUT2D eigenvalue weighted by atomic mass is 10.1. The molecule has 0 unspecified atom stereocenters. The zero-order valence-electron chi connectivity index (χ0n) is 17.6. The van der Waals surface area contributed by atoms with Crippen LogP contribution in [-0.4, -0.2) is 34.2 Å². The lowest BCUT2D eigenvalue weighted by molar-refractivity contribution is -0.384. The van der Waals surface area contributed by atoms with Gasteiger partial charge in [0.05, 0.1) is 4.92 Å². The number of hydrogen-bond donors (Lipinski definition) is 1. The molecule has 0 saturated carbocycles. The van der Waals surface area contributed by atoms with Crippen molar-refractivity contribution in [3.8, 4) is 17.6 Å². The molecule has 0 saturated heterocycles. The first-order valence-electron chi connectivity index (χ1n) is 9.84. The number of aromatic nitrogens is 2. The fourth-order valence-corrected chi connectivity index (χ4v) is 3.24. The molecule has 33 heavy (non-hydrogen) atoms. The number of nitro benzene ring substituents is 1. The van der Waals surface area contributed by atoms with E-state index in [2.05, 4.69) is 15.5 Å². The number of nitrogens with one attached hydrogen (secondary N) is 1. The molecule has 0 spiro atoms. The summed E-state index contributed by atoms with van der Waals surface area (Å²) in [5, 5.41) is 31.5. The number of nitro groups is 1. The highest BCUT2D eigenvalue weighted by molar-refractivity contribution is 7.15. The Labute approximate surface area is 193 Å². The number of non-ortho nitro benzene ring substituents is 1. The van der Waals surface area contributed by atoms with Gasteiger partial charge in [-0.05, 0) is 42.3 Å². The average molecular weight is 465 g/mol. The fraction of sp³-hybridized carbons (Fsp3) is 0.182. The van der Waals surface area contributed by atoms with Gasteiger partial charge in [-0.1, -0.05) is 30.4 Å². The van der Waals surface area contributed by atoms with Crippen molar-refractivity contribution in [2.75, 3.05) is 18.5 Å². The number of carbonyl (C=O) groups excluding carboxylic acids is 1. The number of benzene rings is 2. The molecule has 0 fully saturated rings. The molecule has 3 aromatic rings. The van der Waals surface area contributed by atoms with Crippen molar-refractivity contribution in [2.45, 2.75) is 13.3 Å². The molecule has 0 atom stereocenters. The van der Waals surface area contributed by atoms with Crippen LogP contribution in [0.25, 0.3) is 6.08 Å². The number of anilines is 1. The van der Waals surface area contributed by atoms with Crippen LogP contribution in [0.2, 0.25) is 0 Å². The second kappa shape index (κ2) is 11.4. The minimum Gasteiger partial charge on any atom is -0.490 e. The molecular weight excluding hydrogens is 446 g/mol. The molecule has 3 rings (SSSR count). The zero-order valence-corrected chi connectivity index (χ0v) is 18.4. The number of hydrogen-bond acceptors (Lipinski definition) is 9. The quantitative estimate of drug-likeness (QED) is 0.156. The van der Waals surface area contributed by atoms with Crippen LogP contribution < -0.4 is 14.8 Å². The van der Waals surface area contributed by atoms with E-state index in [9.17, 15) is 20.2 Å². The summed E-state index contributed by atoms with van der Waals surface area (Å²) in [6.07, 6.45) is 2.19. The van der Waals surface area contributed by atoms with Gasteiger partial charge in [-0.15, -0.1) is 10.2 Å². The van der Waals surface area contributed by atoms with Crippen molar-refractivity contribution in [3.05, 3.63) is 74.8 Å². The normalized spacial score (nSPS) is 10.8. The van der Waals surface area contributed by atoms with Crippen molar-refractivity contribution >= 4 is 34.1 Å². The molecule has 1 heterocycles. The van der Waals surface area contributed by atoms with Gasteiger partial charge in [0.1, 0.15) is 41.4 Å². The molecule has 0 radical (unpaired) electrons. The molecule has 0 bridgehead atoms. The first kappa shape index (κ1) is 23.4. The Morgan fingerprint density at radius 3 is 2.24 bits per heavy atom. The Morgan fingerprint density at radius 2 is 1.73 bits per heavy atom. The van der Waals surface area contributed by atoms with Crippen LogP contribution in [0, 0.1) is 21.4 Å². The monoisotopic (exact) mass is 465 g/mol. The van der Waals surface area contributed by atoms with Gasteiger partial charge in [0.25, 0.3) is 11.6 Å². The standard InChI is InChI=1S/C22H19N5O5S/c1-2-20-25-26-22(33-20)24-21(28)16(14-23)13-15-3-7-18(8-4-15)31-11-12-32-19-9-5-17(6-10-19)27(29)30/h3-10,13H,2,11-12H2,1H3,(H,24,26,28)/b16-13-. The van der Waals surface area contributed by atoms with Crippen LogP contribution in [0.5, 0.6) is 11.5 Å². The summed E-state index contributed by atoms with van der Waals surface area (Å²) in [5.41, 5.74) is 0.590. The second-order valence-corrected chi connectivity index (χ2v) is 7.56. The van der Waals surface area contributed by atoms with Gasteiger partial charge in [0.15, 0.2) is 0 Å². The van der Waals surface area contributed by atoms with E-state index in [-0.39, 0.29) is 24.5 Å². The Balaban J connectivity index is 1.49. The number of carbonyl (C=O) groups is 1. The van der Waals surface area contributed by atoms with E-state index in [1.807, 2.05) is 13.0 Å².